The molecule has 0 spiro atoms. The molecule has 4 rings (SSSR count). The summed E-state index contributed by atoms with van der Waals surface area (Å²) in [5.74, 6) is 0.644. The summed E-state index contributed by atoms with van der Waals surface area (Å²) < 4.78 is 5.63. The van der Waals surface area contributed by atoms with Gasteiger partial charge in [-0.05, 0) is 48.7 Å². The van der Waals surface area contributed by atoms with Gasteiger partial charge in [0.25, 0.3) is 0 Å². The van der Waals surface area contributed by atoms with Gasteiger partial charge in [0.15, 0.2) is 5.69 Å². The third-order valence-corrected chi connectivity index (χ3v) is 6.78. The van der Waals surface area contributed by atoms with E-state index >= 15 is 0 Å². The van der Waals surface area contributed by atoms with E-state index in [2.05, 4.69) is 26.8 Å². The largest absolute Gasteiger partial charge is 0.491 e. The zero-order valence-corrected chi connectivity index (χ0v) is 21.2. The van der Waals surface area contributed by atoms with Crippen LogP contribution in [0, 0.1) is 6.57 Å². The summed E-state index contributed by atoms with van der Waals surface area (Å²) in [6, 6.07) is 21.7. The Bertz CT molecular complexity index is 1160. The summed E-state index contributed by atoms with van der Waals surface area (Å²) >= 11 is 12.9. The van der Waals surface area contributed by atoms with E-state index in [0.717, 1.165) is 38.3 Å². The predicted molar refractivity (Wildman–Crippen MR) is 143 cm³/mol. The minimum Gasteiger partial charge on any atom is -0.491 e. The van der Waals surface area contributed by atoms with Crippen LogP contribution >= 0.6 is 23.2 Å². The van der Waals surface area contributed by atoms with Gasteiger partial charge in [-0.1, -0.05) is 59.6 Å². The lowest BCUT2D eigenvalue weighted by Gasteiger charge is -2.43. The molecular weight excluding hydrogens is 481 g/mol. The van der Waals surface area contributed by atoms with Crippen molar-refractivity contribution in [1.29, 1.82) is 0 Å². The lowest BCUT2D eigenvalue weighted by Crippen LogP contribution is -2.49. The van der Waals surface area contributed by atoms with Gasteiger partial charge in [-0.25, -0.2) is 4.85 Å². The van der Waals surface area contributed by atoms with Crippen molar-refractivity contribution in [2.45, 2.75) is 25.5 Å². The van der Waals surface area contributed by atoms with Gasteiger partial charge < -0.3 is 14.7 Å². The van der Waals surface area contributed by atoms with Crippen LogP contribution in [0.1, 0.15) is 24.1 Å². The van der Waals surface area contributed by atoms with Crippen molar-refractivity contribution in [3.63, 3.8) is 0 Å². The molecule has 1 heterocycles. The monoisotopic (exact) mass is 509 g/mol. The van der Waals surface area contributed by atoms with Gasteiger partial charge in [-0.15, -0.1) is 0 Å². The smallest absolute Gasteiger partial charge is 0.187 e. The molecule has 0 bridgehead atoms. The second-order valence-electron chi connectivity index (χ2n) is 8.86. The summed E-state index contributed by atoms with van der Waals surface area (Å²) in [5.41, 5.74) is 4.06. The highest BCUT2D eigenvalue weighted by molar-refractivity contribution is 6.33. The van der Waals surface area contributed by atoms with Crippen molar-refractivity contribution in [3.8, 4) is 5.75 Å². The number of nitrogens with zero attached hydrogens (tertiary/aromatic N) is 3. The van der Waals surface area contributed by atoms with Crippen LogP contribution in [0.25, 0.3) is 4.85 Å². The Kier molecular flexibility index (Phi) is 8.54. The first-order chi connectivity index (χ1) is 16.9. The van der Waals surface area contributed by atoms with Crippen LogP contribution in [0.4, 0.5) is 11.4 Å². The number of hydrogen-bond acceptors (Lipinski definition) is 4. The highest BCUT2D eigenvalue weighted by Gasteiger charge is 2.29. The first kappa shape index (κ1) is 25.3. The van der Waals surface area contributed by atoms with Gasteiger partial charge in [-0.3, -0.25) is 4.90 Å². The van der Waals surface area contributed by atoms with Gasteiger partial charge in [-0.2, -0.15) is 0 Å². The molecule has 1 aliphatic rings. The number of aliphatic hydroxyl groups is 1. The minimum absolute atomic E-state index is 0.118. The summed E-state index contributed by atoms with van der Waals surface area (Å²) in [6.07, 6.45) is 0.392. The van der Waals surface area contributed by atoms with E-state index in [9.17, 15) is 5.11 Å². The predicted octanol–water partition coefficient (Wildman–Crippen LogP) is 6.41. The Labute approximate surface area is 217 Å². The number of halogens is 2. The van der Waals surface area contributed by atoms with Crippen molar-refractivity contribution in [2.75, 3.05) is 37.7 Å². The number of piperazine rings is 1. The van der Waals surface area contributed by atoms with Crippen LogP contribution in [0.15, 0.2) is 66.7 Å². The third-order valence-electron chi connectivity index (χ3n) is 6.22. The van der Waals surface area contributed by atoms with Gasteiger partial charge in [0.1, 0.15) is 12.4 Å². The van der Waals surface area contributed by atoms with E-state index in [1.807, 2.05) is 54.6 Å². The molecule has 35 heavy (non-hydrogen) atoms. The topological polar surface area (TPSA) is 40.3 Å². The Morgan fingerprint density at radius 2 is 1.80 bits per heavy atom. The average Bonchev–Trinajstić information content (AvgIpc) is 2.87. The van der Waals surface area contributed by atoms with Crippen LogP contribution in [0.3, 0.4) is 0 Å². The fourth-order valence-electron chi connectivity index (χ4n) is 4.35. The van der Waals surface area contributed by atoms with Gasteiger partial charge >= 0.3 is 0 Å². The normalized spacial score (nSPS) is 17.1. The lowest BCUT2D eigenvalue weighted by atomic mass is 10.0. The van der Waals surface area contributed by atoms with Crippen molar-refractivity contribution >= 4 is 34.6 Å². The third kappa shape index (κ3) is 6.68. The van der Waals surface area contributed by atoms with Crippen molar-refractivity contribution < 1.29 is 9.84 Å². The maximum atomic E-state index is 9.49. The molecule has 0 aromatic heterocycles. The Morgan fingerprint density at radius 1 is 1.06 bits per heavy atom. The van der Waals surface area contributed by atoms with E-state index < -0.39 is 6.10 Å². The molecule has 2 atom stereocenters. The van der Waals surface area contributed by atoms with Crippen LogP contribution in [0.2, 0.25) is 10.0 Å². The molecule has 1 N–H and O–H groups in total. The summed E-state index contributed by atoms with van der Waals surface area (Å²) in [7, 11) is 0. The number of rotatable bonds is 8. The average molecular weight is 510 g/mol. The molecule has 1 saturated heterocycles. The Morgan fingerprint density at radius 3 is 2.46 bits per heavy atom. The van der Waals surface area contributed by atoms with Crippen LogP contribution in [-0.2, 0) is 6.42 Å². The molecular formula is C28H29Cl2N3O2. The van der Waals surface area contributed by atoms with E-state index in [1.165, 1.54) is 11.1 Å². The quantitative estimate of drug-likeness (QED) is 0.356. The fourth-order valence-corrected chi connectivity index (χ4v) is 4.76. The van der Waals surface area contributed by atoms with Crippen LogP contribution in [-0.4, -0.2) is 48.9 Å². The molecule has 7 heteroatoms. The Hall–Kier alpha value is -2.75. The molecule has 0 unspecified atom stereocenters. The van der Waals surface area contributed by atoms with Gasteiger partial charge in [0.05, 0.1) is 29.4 Å². The van der Waals surface area contributed by atoms with E-state index in [4.69, 9.17) is 34.5 Å². The van der Waals surface area contributed by atoms with Crippen molar-refractivity contribution in [3.05, 3.63) is 99.3 Å². The van der Waals surface area contributed by atoms with Crippen molar-refractivity contribution in [1.82, 2.24) is 4.90 Å². The van der Waals surface area contributed by atoms with Gasteiger partial charge in [0.2, 0.25) is 0 Å². The molecule has 0 radical (unpaired) electrons. The lowest BCUT2D eigenvalue weighted by molar-refractivity contribution is 0.123. The number of benzene rings is 3. The molecule has 0 saturated carbocycles. The molecule has 1 fully saturated rings. The SMILES string of the molecule is [C-]#[N+]c1ccc(CCN2CCN(c3ccc(OC[C@@H](C)O)cc3Cl)[C@H](c3ccc(Cl)cc3)C2)cc1. The second-order valence-corrected chi connectivity index (χ2v) is 9.71. The molecule has 0 aliphatic carbocycles. The summed E-state index contributed by atoms with van der Waals surface area (Å²) in [5, 5.41) is 10.8. The van der Waals surface area contributed by atoms with Crippen molar-refractivity contribution in [2.24, 2.45) is 0 Å². The number of anilines is 1. The van der Waals surface area contributed by atoms with Crippen LogP contribution in [0.5, 0.6) is 5.75 Å². The maximum Gasteiger partial charge on any atom is 0.187 e. The number of aliphatic hydroxyl groups excluding tert-OH is 1. The minimum atomic E-state index is -0.540. The molecule has 0 amide bonds. The Balaban J connectivity index is 1.51. The zero-order chi connectivity index (χ0) is 24.8. The van der Waals surface area contributed by atoms with E-state index in [-0.39, 0.29) is 12.6 Å². The number of hydrogen-bond donors (Lipinski definition) is 1. The van der Waals surface area contributed by atoms with Gasteiger partial charge in [0, 0.05) is 37.3 Å². The second kappa shape index (κ2) is 11.8. The summed E-state index contributed by atoms with van der Waals surface area (Å²) in [4.78, 5) is 8.30. The molecule has 1 aliphatic heterocycles. The van der Waals surface area contributed by atoms with Crippen LogP contribution < -0.4 is 9.64 Å². The molecule has 182 valence electrons. The highest BCUT2D eigenvalue weighted by atomic mass is 35.5. The maximum absolute atomic E-state index is 9.49. The first-order valence-corrected chi connectivity index (χ1v) is 12.5. The summed E-state index contributed by atoms with van der Waals surface area (Å²) in [6.45, 7) is 12.6. The molecule has 3 aromatic carbocycles. The standard InChI is InChI=1S/C28H29Cl2N3O2/c1-20(34)19-35-25-11-12-27(26(30)17-25)33-16-15-32(14-13-21-3-9-24(31-2)10-4-21)18-28(33)22-5-7-23(29)8-6-22/h3-12,17,20,28,34H,13-16,18-19H2,1H3/t20-,28+/m1/s1. The zero-order valence-electron chi connectivity index (χ0n) is 19.7. The first-order valence-electron chi connectivity index (χ1n) is 11.7. The van der Waals surface area contributed by atoms with E-state index in [1.54, 1.807) is 6.92 Å². The fraction of sp³-hybridized carbons (Fsp3) is 0.321. The highest BCUT2D eigenvalue weighted by Crippen LogP contribution is 2.37. The number of ether oxygens (including phenoxy) is 1. The molecule has 3 aromatic rings. The van der Waals surface area contributed by atoms with E-state index in [0.29, 0.717) is 21.5 Å². The molecule has 5 nitrogen and oxygen atoms in total.